The summed E-state index contributed by atoms with van der Waals surface area (Å²) in [5.41, 5.74) is -1.30. The molecule has 114 valence electrons. The molecule has 2 aromatic rings. The molecule has 1 amide bonds. The third-order valence-corrected chi connectivity index (χ3v) is 3.01. The number of carbonyl (C=O) groups excluding carboxylic acids is 1. The third-order valence-electron chi connectivity index (χ3n) is 2.69. The van der Waals surface area contributed by atoms with Crippen LogP contribution < -0.4 is 5.32 Å². The number of carbonyl (C=O) groups is 1. The van der Waals surface area contributed by atoms with Gasteiger partial charge in [0, 0.05) is 11.6 Å². The SMILES string of the molecule is O=C(Nc1ccc(F)c(F)c1F)c1ccc(Cl)c([N+](=O)[O-])c1. The standard InChI is InChI=1S/C13H6ClF3N2O3/c14-7-2-1-6(5-10(7)19(21)22)13(20)18-9-4-3-8(15)11(16)12(9)17/h1-5H,(H,18,20). The average molecular weight is 331 g/mol. The van der Waals surface area contributed by atoms with Crippen molar-refractivity contribution < 1.29 is 22.9 Å². The minimum absolute atomic E-state index is 0.180. The van der Waals surface area contributed by atoms with Crippen LogP contribution in [0.4, 0.5) is 24.5 Å². The first-order valence-corrected chi connectivity index (χ1v) is 6.08. The van der Waals surface area contributed by atoms with Crippen molar-refractivity contribution in [1.29, 1.82) is 0 Å². The monoisotopic (exact) mass is 330 g/mol. The second-order valence-electron chi connectivity index (χ2n) is 4.10. The molecule has 2 aromatic carbocycles. The second-order valence-corrected chi connectivity index (χ2v) is 4.51. The average Bonchev–Trinajstić information content (AvgIpc) is 2.48. The second kappa shape index (κ2) is 6.02. The Hall–Kier alpha value is -2.61. The van der Waals surface area contributed by atoms with Crippen LogP contribution in [0.25, 0.3) is 0 Å². The Morgan fingerprint density at radius 2 is 1.82 bits per heavy atom. The van der Waals surface area contributed by atoms with Gasteiger partial charge in [-0.1, -0.05) is 11.6 Å². The van der Waals surface area contributed by atoms with Gasteiger partial charge < -0.3 is 5.32 Å². The van der Waals surface area contributed by atoms with Crippen LogP contribution in [0, 0.1) is 27.6 Å². The van der Waals surface area contributed by atoms with Crippen LogP contribution in [-0.2, 0) is 0 Å². The van der Waals surface area contributed by atoms with Crippen molar-refractivity contribution in [2.24, 2.45) is 0 Å². The number of nitrogens with one attached hydrogen (secondary N) is 1. The minimum Gasteiger partial charge on any atom is -0.319 e. The number of amides is 1. The van der Waals surface area contributed by atoms with Crippen LogP contribution in [0.15, 0.2) is 30.3 Å². The molecule has 9 heteroatoms. The highest BCUT2D eigenvalue weighted by atomic mass is 35.5. The Balaban J connectivity index is 2.32. The molecule has 0 saturated carbocycles. The van der Waals surface area contributed by atoms with Crippen LogP contribution in [0.2, 0.25) is 5.02 Å². The third kappa shape index (κ3) is 3.01. The molecule has 1 N–H and O–H groups in total. The van der Waals surface area contributed by atoms with Crippen molar-refractivity contribution in [3.05, 3.63) is 68.5 Å². The minimum atomic E-state index is -1.74. The molecule has 0 atom stereocenters. The molecule has 0 saturated heterocycles. The first kappa shape index (κ1) is 15.8. The highest BCUT2D eigenvalue weighted by Crippen LogP contribution is 2.26. The summed E-state index contributed by atoms with van der Waals surface area (Å²) in [4.78, 5) is 21.8. The van der Waals surface area contributed by atoms with Crippen LogP contribution in [0.1, 0.15) is 10.4 Å². The number of hydrogen-bond donors (Lipinski definition) is 1. The maximum atomic E-state index is 13.5. The van der Waals surface area contributed by atoms with Gasteiger partial charge in [-0.05, 0) is 24.3 Å². The highest BCUT2D eigenvalue weighted by molar-refractivity contribution is 6.32. The topological polar surface area (TPSA) is 72.2 Å². The van der Waals surface area contributed by atoms with Gasteiger partial charge in [0.2, 0.25) is 0 Å². The normalized spacial score (nSPS) is 10.4. The van der Waals surface area contributed by atoms with Gasteiger partial charge in [-0.25, -0.2) is 13.2 Å². The molecule has 0 aliphatic rings. The summed E-state index contributed by atoms with van der Waals surface area (Å²) in [6.45, 7) is 0. The summed E-state index contributed by atoms with van der Waals surface area (Å²) in [5.74, 6) is -5.65. The predicted molar refractivity (Wildman–Crippen MR) is 72.4 cm³/mol. The van der Waals surface area contributed by atoms with Crippen molar-refractivity contribution in [2.75, 3.05) is 5.32 Å². The van der Waals surface area contributed by atoms with E-state index in [0.29, 0.717) is 6.07 Å². The Labute approximate surface area is 126 Å². The summed E-state index contributed by atoms with van der Waals surface area (Å²) >= 11 is 5.59. The van der Waals surface area contributed by atoms with Crippen molar-refractivity contribution in [1.82, 2.24) is 0 Å². The largest absolute Gasteiger partial charge is 0.319 e. The molecule has 2 rings (SSSR count). The lowest BCUT2D eigenvalue weighted by Crippen LogP contribution is -2.14. The van der Waals surface area contributed by atoms with Crippen LogP contribution in [-0.4, -0.2) is 10.8 Å². The number of hydrogen-bond acceptors (Lipinski definition) is 3. The molecule has 0 radical (unpaired) electrons. The molecular weight excluding hydrogens is 325 g/mol. The first-order chi connectivity index (χ1) is 10.3. The molecule has 0 heterocycles. The Kier molecular flexibility index (Phi) is 4.32. The summed E-state index contributed by atoms with van der Waals surface area (Å²) in [7, 11) is 0. The molecule has 0 unspecified atom stereocenters. The zero-order chi connectivity index (χ0) is 16.4. The molecule has 0 fully saturated rings. The zero-order valence-corrected chi connectivity index (χ0v) is 11.3. The van der Waals surface area contributed by atoms with Gasteiger partial charge in [0.25, 0.3) is 11.6 Å². The maximum Gasteiger partial charge on any atom is 0.288 e. The van der Waals surface area contributed by atoms with Gasteiger partial charge in [0.05, 0.1) is 10.6 Å². The van der Waals surface area contributed by atoms with Crippen LogP contribution in [0.5, 0.6) is 0 Å². The van der Waals surface area contributed by atoms with Crippen molar-refractivity contribution in [3.63, 3.8) is 0 Å². The molecule has 5 nitrogen and oxygen atoms in total. The van der Waals surface area contributed by atoms with E-state index >= 15 is 0 Å². The van der Waals surface area contributed by atoms with Gasteiger partial charge in [-0.15, -0.1) is 0 Å². The van der Waals surface area contributed by atoms with E-state index < -0.39 is 39.7 Å². The summed E-state index contributed by atoms with van der Waals surface area (Å²) < 4.78 is 39.3. The fourth-order valence-corrected chi connectivity index (χ4v) is 1.80. The molecule has 0 aromatic heterocycles. The van der Waals surface area contributed by atoms with Crippen molar-refractivity contribution in [2.45, 2.75) is 0 Å². The lowest BCUT2D eigenvalue weighted by atomic mass is 10.2. The number of rotatable bonds is 3. The van der Waals surface area contributed by atoms with E-state index in [4.69, 9.17) is 11.6 Å². The van der Waals surface area contributed by atoms with E-state index in [1.54, 1.807) is 0 Å². The number of nitrogens with zero attached hydrogens (tertiary/aromatic N) is 1. The molecule has 0 aliphatic carbocycles. The number of anilines is 1. The molecule has 0 spiro atoms. The molecule has 0 bridgehead atoms. The van der Waals surface area contributed by atoms with E-state index in [-0.39, 0.29) is 10.6 Å². The summed E-state index contributed by atoms with van der Waals surface area (Å²) in [6, 6.07) is 4.64. The van der Waals surface area contributed by atoms with Gasteiger partial charge in [-0.2, -0.15) is 0 Å². The highest BCUT2D eigenvalue weighted by Gasteiger charge is 2.19. The number of benzene rings is 2. The number of nitro benzene ring substituents is 1. The van der Waals surface area contributed by atoms with Crippen molar-refractivity contribution >= 4 is 28.9 Å². The lowest BCUT2D eigenvalue weighted by Gasteiger charge is -2.07. The van der Waals surface area contributed by atoms with Gasteiger partial charge in [0.1, 0.15) is 5.02 Å². The van der Waals surface area contributed by atoms with Crippen LogP contribution in [0.3, 0.4) is 0 Å². The zero-order valence-electron chi connectivity index (χ0n) is 10.6. The van der Waals surface area contributed by atoms with E-state index in [1.165, 1.54) is 6.07 Å². The molecule has 0 aliphatic heterocycles. The van der Waals surface area contributed by atoms with Gasteiger partial charge in [-0.3, -0.25) is 14.9 Å². The first-order valence-electron chi connectivity index (χ1n) is 5.70. The van der Waals surface area contributed by atoms with Gasteiger partial charge >= 0.3 is 0 Å². The van der Waals surface area contributed by atoms with E-state index in [1.807, 2.05) is 5.32 Å². The molecular formula is C13H6ClF3N2O3. The fraction of sp³-hybridized carbons (Fsp3) is 0. The molecule has 22 heavy (non-hydrogen) atoms. The Morgan fingerprint density at radius 3 is 2.45 bits per heavy atom. The number of nitro groups is 1. The van der Waals surface area contributed by atoms with E-state index in [2.05, 4.69) is 0 Å². The van der Waals surface area contributed by atoms with E-state index in [0.717, 1.165) is 18.2 Å². The Bertz CT molecular complexity index is 783. The fourth-order valence-electron chi connectivity index (χ4n) is 1.61. The van der Waals surface area contributed by atoms with E-state index in [9.17, 15) is 28.1 Å². The Morgan fingerprint density at radius 1 is 1.14 bits per heavy atom. The van der Waals surface area contributed by atoms with Crippen LogP contribution >= 0.6 is 11.6 Å². The summed E-state index contributed by atoms with van der Waals surface area (Å²) in [6.07, 6.45) is 0. The lowest BCUT2D eigenvalue weighted by molar-refractivity contribution is -0.384. The predicted octanol–water partition coefficient (Wildman–Crippen LogP) is 3.92. The quantitative estimate of drug-likeness (QED) is 0.526. The van der Waals surface area contributed by atoms with Gasteiger partial charge in [0.15, 0.2) is 17.5 Å². The smallest absolute Gasteiger partial charge is 0.288 e. The number of halogens is 4. The van der Waals surface area contributed by atoms with Crippen molar-refractivity contribution in [3.8, 4) is 0 Å². The summed E-state index contributed by atoms with van der Waals surface area (Å²) in [5, 5.41) is 12.5. The maximum absolute atomic E-state index is 13.5.